The lowest BCUT2D eigenvalue weighted by Gasteiger charge is -2.36. The van der Waals surface area contributed by atoms with E-state index in [2.05, 4.69) is 57.3 Å². The smallest absolute Gasteiger partial charge is 0.267 e. The first-order valence-electron chi connectivity index (χ1n) is 14.1. The molecule has 0 aliphatic carbocycles. The Hall–Kier alpha value is -5.24. The van der Waals surface area contributed by atoms with E-state index in [9.17, 15) is 9.59 Å². The number of anilines is 2. The summed E-state index contributed by atoms with van der Waals surface area (Å²) in [7, 11) is 0. The average molecular weight is 557 g/mol. The molecular weight excluding hydrogens is 524 g/mol. The summed E-state index contributed by atoms with van der Waals surface area (Å²) in [4.78, 5) is 37.1. The second-order valence-electron chi connectivity index (χ2n) is 10.6. The zero-order chi connectivity index (χ0) is 29.1. The Balaban J connectivity index is 1.04. The molecule has 42 heavy (non-hydrogen) atoms. The number of nitrogens with two attached hydrogens (primary N) is 2. The van der Waals surface area contributed by atoms with E-state index in [1.165, 1.54) is 5.56 Å². The van der Waals surface area contributed by atoms with Gasteiger partial charge in [0, 0.05) is 55.2 Å². The van der Waals surface area contributed by atoms with Gasteiger partial charge in [-0.05, 0) is 82.9 Å². The van der Waals surface area contributed by atoms with Crippen molar-refractivity contribution < 1.29 is 9.59 Å². The minimum Gasteiger partial charge on any atom is -0.383 e. The molecule has 1 fully saturated rings. The molecule has 0 spiro atoms. The van der Waals surface area contributed by atoms with Gasteiger partial charge >= 0.3 is 0 Å². The number of nitrogens with zero attached hydrogens (tertiary/aromatic N) is 4. The quantitative estimate of drug-likeness (QED) is 0.299. The third kappa shape index (κ3) is 5.78. The number of carbonyl (C=O) groups is 2. The van der Waals surface area contributed by atoms with Crippen LogP contribution in [0.4, 0.5) is 11.5 Å². The zero-order valence-electron chi connectivity index (χ0n) is 23.2. The van der Waals surface area contributed by atoms with Gasteiger partial charge in [-0.3, -0.25) is 14.6 Å². The van der Waals surface area contributed by atoms with Crippen molar-refractivity contribution in [2.24, 2.45) is 5.73 Å². The van der Waals surface area contributed by atoms with Gasteiger partial charge in [0.05, 0.1) is 0 Å². The van der Waals surface area contributed by atoms with Crippen LogP contribution < -0.4 is 16.4 Å². The molecule has 1 saturated heterocycles. The third-order valence-electron chi connectivity index (χ3n) is 7.91. The van der Waals surface area contributed by atoms with Crippen LogP contribution in [0.25, 0.3) is 21.9 Å². The van der Waals surface area contributed by atoms with Crippen molar-refractivity contribution in [1.82, 2.24) is 14.9 Å². The van der Waals surface area contributed by atoms with E-state index in [1.54, 1.807) is 18.5 Å². The molecule has 4 N–H and O–H groups in total. The molecule has 210 valence electrons. The lowest BCUT2D eigenvalue weighted by Crippen LogP contribution is -2.48. The van der Waals surface area contributed by atoms with E-state index >= 15 is 0 Å². The number of primary amides is 1. The van der Waals surface area contributed by atoms with E-state index in [4.69, 9.17) is 11.5 Å². The van der Waals surface area contributed by atoms with Crippen molar-refractivity contribution >= 4 is 34.1 Å². The summed E-state index contributed by atoms with van der Waals surface area (Å²) in [5.41, 5.74) is 17.9. The molecule has 3 heterocycles. The monoisotopic (exact) mass is 556 g/mol. The average Bonchev–Trinajstić information content (AvgIpc) is 3.04. The van der Waals surface area contributed by atoms with Crippen molar-refractivity contribution in [1.29, 1.82) is 0 Å². The van der Waals surface area contributed by atoms with Crippen LogP contribution in [0.15, 0.2) is 97.3 Å². The molecule has 3 aromatic carbocycles. The fourth-order valence-electron chi connectivity index (χ4n) is 5.45. The van der Waals surface area contributed by atoms with Gasteiger partial charge in [-0.25, -0.2) is 4.98 Å². The third-order valence-corrected chi connectivity index (χ3v) is 7.91. The van der Waals surface area contributed by atoms with Crippen LogP contribution in [0.2, 0.25) is 0 Å². The molecule has 0 atom stereocenters. The molecule has 2 amide bonds. The van der Waals surface area contributed by atoms with Crippen molar-refractivity contribution in [2.75, 3.05) is 36.8 Å². The Bertz CT molecular complexity index is 1740. The fourth-order valence-corrected chi connectivity index (χ4v) is 5.45. The van der Waals surface area contributed by atoms with E-state index in [-0.39, 0.29) is 11.6 Å². The summed E-state index contributed by atoms with van der Waals surface area (Å²) in [6, 6.07) is 28.1. The maximum Gasteiger partial charge on any atom is 0.267 e. The van der Waals surface area contributed by atoms with E-state index in [0.29, 0.717) is 24.5 Å². The maximum atomic E-state index is 13.3. The highest BCUT2D eigenvalue weighted by Crippen LogP contribution is 2.27. The molecule has 0 unspecified atom stereocenters. The zero-order valence-corrected chi connectivity index (χ0v) is 23.2. The Labute approximate surface area is 244 Å². The van der Waals surface area contributed by atoms with Gasteiger partial charge in [0.15, 0.2) is 0 Å². The number of benzene rings is 3. The second kappa shape index (κ2) is 11.7. The van der Waals surface area contributed by atoms with Crippen LogP contribution >= 0.6 is 0 Å². The molecule has 1 aliphatic heterocycles. The minimum absolute atomic E-state index is 0.0547. The van der Waals surface area contributed by atoms with Crippen LogP contribution in [0, 0.1) is 0 Å². The Kier molecular flexibility index (Phi) is 7.51. The number of hydrogen-bond donors (Lipinski definition) is 2. The van der Waals surface area contributed by atoms with Gasteiger partial charge in [-0.1, -0.05) is 42.5 Å². The van der Waals surface area contributed by atoms with Crippen molar-refractivity contribution in [3.05, 3.63) is 120 Å². The normalized spacial score (nSPS) is 13.3. The Morgan fingerprint density at radius 1 is 0.714 bits per heavy atom. The fraction of sp³-hybridized carbons (Fsp3) is 0.176. The summed E-state index contributed by atoms with van der Waals surface area (Å²) >= 11 is 0. The van der Waals surface area contributed by atoms with Crippen molar-refractivity contribution in [3.8, 4) is 11.1 Å². The predicted molar refractivity (Wildman–Crippen MR) is 166 cm³/mol. The lowest BCUT2D eigenvalue weighted by atomic mass is 9.99. The topological polar surface area (TPSA) is 118 Å². The maximum absolute atomic E-state index is 13.3. The first-order valence-corrected chi connectivity index (χ1v) is 14.1. The number of rotatable bonds is 7. The Morgan fingerprint density at radius 2 is 1.38 bits per heavy atom. The predicted octanol–water partition coefficient (Wildman–Crippen LogP) is 4.73. The highest BCUT2D eigenvalue weighted by atomic mass is 16.2. The number of fused-ring (bicyclic) bond motifs is 1. The van der Waals surface area contributed by atoms with E-state index in [0.717, 1.165) is 59.1 Å². The number of aryl methyl sites for hydroxylation is 2. The summed E-state index contributed by atoms with van der Waals surface area (Å²) < 4.78 is 0. The van der Waals surface area contributed by atoms with Gasteiger partial charge in [0.2, 0.25) is 0 Å². The Morgan fingerprint density at radius 3 is 2.10 bits per heavy atom. The largest absolute Gasteiger partial charge is 0.383 e. The highest BCUT2D eigenvalue weighted by Gasteiger charge is 2.22. The number of carbonyl (C=O) groups excluding carboxylic acids is 2. The lowest BCUT2D eigenvalue weighted by molar-refractivity contribution is 0.0746. The molecule has 6 rings (SSSR count). The van der Waals surface area contributed by atoms with E-state index < -0.39 is 5.91 Å². The van der Waals surface area contributed by atoms with Crippen LogP contribution in [0.1, 0.15) is 32.0 Å². The number of amides is 2. The van der Waals surface area contributed by atoms with Crippen LogP contribution in [0.5, 0.6) is 0 Å². The van der Waals surface area contributed by atoms with Crippen molar-refractivity contribution in [3.63, 3.8) is 0 Å². The summed E-state index contributed by atoms with van der Waals surface area (Å²) in [5.74, 6) is 0.0713. The second-order valence-corrected chi connectivity index (χ2v) is 10.6. The van der Waals surface area contributed by atoms with Crippen LogP contribution in [0.3, 0.4) is 0 Å². The first kappa shape index (κ1) is 27.0. The molecule has 8 heteroatoms. The molecule has 8 nitrogen and oxygen atoms in total. The van der Waals surface area contributed by atoms with Gasteiger partial charge in [-0.15, -0.1) is 0 Å². The molecule has 2 aromatic heterocycles. The number of piperazine rings is 1. The number of hydrogen-bond acceptors (Lipinski definition) is 6. The van der Waals surface area contributed by atoms with Crippen LogP contribution in [-0.4, -0.2) is 52.9 Å². The first-order chi connectivity index (χ1) is 20.4. The van der Waals surface area contributed by atoms with Crippen LogP contribution in [-0.2, 0) is 12.8 Å². The van der Waals surface area contributed by atoms with Gasteiger partial charge in [0.1, 0.15) is 11.5 Å². The SMILES string of the molecule is NC(=O)c1cc(CCc2ccc(-c3ccc(C(=O)N4CCN(c5ccc6ccnc(N)c6c5)CC4)cc3)cc2)ccn1. The van der Waals surface area contributed by atoms with Gasteiger partial charge in [-0.2, -0.15) is 0 Å². The summed E-state index contributed by atoms with van der Waals surface area (Å²) in [6.07, 6.45) is 4.98. The molecule has 5 aromatic rings. The minimum atomic E-state index is -0.516. The molecular formula is C34H32N6O2. The number of pyridine rings is 2. The summed E-state index contributed by atoms with van der Waals surface area (Å²) in [5, 5.41) is 2.02. The standard InChI is InChI=1S/C34H32N6O2/c35-32-30-22-29(12-11-27(30)14-16-38-32)39-17-19-40(20-18-39)34(42)28-9-7-26(8-10-28)25-5-3-23(4-6-25)1-2-24-13-15-37-31(21-24)33(36)41/h3-16,21-22H,1-2,17-20H2,(H2,35,38)(H2,36,41). The molecule has 1 aliphatic rings. The molecule has 0 radical (unpaired) electrons. The van der Waals surface area contributed by atoms with Gasteiger partial charge < -0.3 is 21.3 Å². The number of aromatic nitrogens is 2. The highest BCUT2D eigenvalue weighted by molar-refractivity contribution is 5.95. The molecule has 0 bridgehead atoms. The molecule has 0 saturated carbocycles. The number of nitrogen functional groups attached to an aromatic ring is 1. The van der Waals surface area contributed by atoms with E-state index in [1.807, 2.05) is 41.3 Å². The van der Waals surface area contributed by atoms with Crippen molar-refractivity contribution in [2.45, 2.75) is 12.8 Å². The van der Waals surface area contributed by atoms with Gasteiger partial charge in [0.25, 0.3) is 11.8 Å². The summed E-state index contributed by atoms with van der Waals surface area (Å²) in [6.45, 7) is 2.84.